The summed E-state index contributed by atoms with van der Waals surface area (Å²) in [6, 6.07) is 0. The Morgan fingerprint density at radius 2 is 1.59 bits per heavy atom. The molecule has 0 radical (unpaired) electrons. The molecule has 1 unspecified atom stereocenters. The Kier molecular flexibility index (Phi) is 9.78. The van der Waals surface area contributed by atoms with E-state index in [-0.39, 0.29) is 6.61 Å². The van der Waals surface area contributed by atoms with Crippen LogP contribution in [-0.4, -0.2) is 32.5 Å². The molecule has 0 aromatic carbocycles. The van der Waals surface area contributed by atoms with Crippen LogP contribution in [0.1, 0.15) is 58.3 Å². The van der Waals surface area contributed by atoms with Crippen molar-refractivity contribution in [3.8, 4) is 0 Å². The van der Waals surface area contributed by atoms with Gasteiger partial charge in [-0.2, -0.15) is 8.42 Å². The Bertz CT molecular complexity index is 262. The van der Waals surface area contributed by atoms with Gasteiger partial charge in [-0.15, -0.1) is 0 Å². The van der Waals surface area contributed by atoms with Crippen molar-refractivity contribution < 1.29 is 17.7 Å². The van der Waals surface area contributed by atoms with Gasteiger partial charge in [0.1, 0.15) is 0 Å². The quantitative estimate of drug-likeness (QED) is 0.461. The molecule has 0 amide bonds. The Balaban J connectivity index is 3.30. The van der Waals surface area contributed by atoms with E-state index in [4.69, 9.17) is 0 Å². The highest BCUT2D eigenvalue weighted by molar-refractivity contribution is 7.85. The van der Waals surface area contributed by atoms with Crippen LogP contribution in [0, 0.1) is 0 Å². The van der Waals surface area contributed by atoms with Crippen LogP contribution in [0.15, 0.2) is 0 Å². The van der Waals surface area contributed by atoms with Gasteiger partial charge in [-0.05, 0) is 6.42 Å². The minimum absolute atomic E-state index is 0.116. The Morgan fingerprint density at radius 1 is 1.06 bits per heavy atom. The molecule has 0 saturated heterocycles. The summed E-state index contributed by atoms with van der Waals surface area (Å²) in [6.45, 7) is 2.08. The minimum atomic E-state index is -3.42. The third kappa shape index (κ3) is 13.8. The van der Waals surface area contributed by atoms with Gasteiger partial charge < -0.3 is 5.11 Å². The topological polar surface area (TPSA) is 63.6 Å². The first-order chi connectivity index (χ1) is 7.95. The van der Waals surface area contributed by atoms with Crippen molar-refractivity contribution in [2.24, 2.45) is 0 Å². The van der Waals surface area contributed by atoms with Crippen LogP contribution in [0.3, 0.4) is 0 Å². The number of aliphatic hydroxyl groups is 1. The lowest BCUT2D eigenvalue weighted by molar-refractivity contribution is 0.101. The zero-order valence-corrected chi connectivity index (χ0v) is 11.8. The molecule has 104 valence electrons. The summed E-state index contributed by atoms with van der Waals surface area (Å²) in [6.07, 6.45) is 9.25. The zero-order chi connectivity index (χ0) is 13.1. The van der Waals surface area contributed by atoms with Crippen molar-refractivity contribution >= 4 is 10.1 Å². The maximum atomic E-state index is 10.7. The SMILES string of the molecule is CCCCCCCCCC(O)COS(C)(=O)=O. The second kappa shape index (κ2) is 9.85. The van der Waals surface area contributed by atoms with E-state index in [9.17, 15) is 13.5 Å². The van der Waals surface area contributed by atoms with E-state index in [1.54, 1.807) is 0 Å². The van der Waals surface area contributed by atoms with Gasteiger partial charge in [0.05, 0.1) is 19.0 Å². The second-order valence-corrected chi connectivity index (χ2v) is 6.20. The molecule has 0 aliphatic heterocycles. The summed E-state index contributed by atoms with van der Waals surface area (Å²) in [4.78, 5) is 0. The van der Waals surface area contributed by atoms with E-state index >= 15 is 0 Å². The van der Waals surface area contributed by atoms with Gasteiger partial charge in [-0.25, -0.2) is 0 Å². The van der Waals surface area contributed by atoms with Gasteiger partial charge in [-0.3, -0.25) is 4.18 Å². The molecule has 4 nitrogen and oxygen atoms in total. The molecule has 0 fully saturated rings. The van der Waals surface area contributed by atoms with E-state index < -0.39 is 16.2 Å². The molecule has 0 aromatic heterocycles. The van der Waals surface area contributed by atoms with Crippen LogP contribution in [0.5, 0.6) is 0 Å². The van der Waals surface area contributed by atoms with E-state index in [0.717, 1.165) is 19.1 Å². The normalized spacial score (nSPS) is 13.8. The highest BCUT2D eigenvalue weighted by Gasteiger charge is 2.08. The number of hydrogen-bond acceptors (Lipinski definition) is 4. The summed E-state index contributed by atoms with van der Waals surface area (Å²) < 4.78 is 25.9. The molecule has 0 heterocycles. The second-order valence-electron chi connectivity index (χ2n) is 4.55. The maximum absolute atomic E-state index is 10.7. The molecule has 0 aliphatic rings. The monoisotopic (exact) mass is 266 g/mol. The van der Waals surface area contributed by atoms with Crippen LogP contribution >= 0.6 is 0 Å². The fraction of sp³-hybridized carbons (Fsp3) is 1.00. The Labute approximate surface area is 105 Å². The van der Waals surface area contributed by atoms with Crippen LogP contribution < -0.4 is 0 Å². The Hall–Kier alpha value is -0.130. The van der Waals surface area contributed by atoms with Crippen molar-refractivity contribution in [3.63, 3.8) is 0 Å². The largest absolute Gasteiger partial charge is 0.391 e. The first kappa shape index (κ1) is 16.9. The summed E-state index contributed by atoms with van der Waals surface area (Å²) >= 11 is 0. The van der Waals surface area contributed by atoms with E-state index in [1.165, 1.54) is 32.1 Å². The third-order valence-electron chi connectivity index (χ3n) is 2.62. The molecular formula is C12H26O4S. The standard InChI is InChI=1S/C12H26O4S/c1-3-4-5-6-7-8-9-10-12(13)11-16-17(2,14)15/h12-13H,3-11H2,1-2H3. The van der Waals surface area contributed by atoms with E-state index in [0.29, 0.717) is 6.42 Å². The van der Waals surface area contributed by atoms with E-state index in [1.807, 2.05) is 0 Å². The summed E-state index contributed by atoms with van der Waals surface area (Å²) in [7, 11) is -3.42. The van der Waals surface area contributed by atoms with Gasteiger partial charge in [0.2, 0.25) is 0 Å². The minimum Gasteiger partial charge on any atom is -0.391 e. The van der Waals surface area contributed by atoms with Gasteiger partial charge in [-0.1, -0.05) is 51.9 Å². The van der Waals surface area contributed by atoms with Crippen molar-refractivity contribution in [2.45, 2.75) is 64.4 Å². The lowest BCUT2D eigenvalue weighted by atomic mass is 10.1. The van der Waals surface area contributed by atoms with Crippen molar-refractivity contribution in [2.75, 3.05) is 12.9 Å². The molecule has 0 spiro atoms. The fourth-order valence-corrected chi connectivity index (χ4v) is 2.03. The molecule has 17 heavy (non-hydrogen) atoms. The molecule has 0 saturated carbocycles. The van der Waals surface area contributed by atoms with Crippen LogP contribution in [0.4, 0.5) is 0 Å². The predicted octanol–water partition coefficient (Wildman–Crippen LogP) is 2.46. The lowest BCUT2D eigenvalue weighted by Crippen LogP contribution is -2.17. The Morgan fingerprint density at radius 3 is 2.12 bits per heavy atom. The van der Waals surface area contributed by atoms with Crippen molar-refractivity contribution in [1.29, 1.82) is 0 Å². The molecule has 5 heteroatoms. The molecule has 0 bridgehead atoms. The smallest absolute Gasteiger partial charge is 0.264 e. The lowest BCUT2D eigenvalue weighted by Gasteiger charge is -2.09. The van der Waals surface area contributed by atoms with Crippen LogP contribution in [-0.2, 0) is 14.3 Å². The van der Waals surface area contributed by atoms with Gasteiger partial charge in [0.15, 0.2) is 0 Å². The van der Waals surface area contributed by atoms with Crippen LogP contribution in [0.2, 0.25) is 0 Å². The summed E-state index contributed by atoms with van der Waals surface area (Å²) in [5.74, 6) is 0. The predicted molar refractivity (Wildman–Crippen MR) is 69.4 cm³/mol. The molecule has 0 aliphatic carbocycles. The van der Waals surface area contributed by atoms with Crippen LogP contribution in [0.25, 0.3) is 0 Å². The molecular weight excluding hydrogens is 240 g/mol. The number of aliphatic hydroxyl groups excluding tert-OH is 1. The third-order valence-corrected chi connectivity index (χ3v) is 3.18. The molecule has 0 aromatic rings. The van der Waals surface area contributed by atoms with Crippen molar-refractivity contribution in [1.82, 2.24) is 0 Å². The van der Waals surface area contributed by atoms with Gasteiger partial charge in [0.25, 0.3) is 10.1 Å². The first-order valence-electron chi connectivity index (χ1n) is 6.48. The summed E-state index contributed by atoms with van der Waals surface area (Å²) in [5, 5.41) is 9.46. The highest BCUT2D eigenvalue weighted by atomic mass is 32.2. The molecule has 1 atom stereocenters. The maximum Gasteiger partial charge on any atom is 0.264 e. The highest BCUT2D eigenvalue weighted by Crippen LogP contribution is 2.10. The number of unbranched alkanes of at least 4 members (excludes halogenated alkanes) is 6. The fourth-order valence-electron chi connectivity index (χ4n) is 1.62. The zero-order valence-electron chi connectivity index (χ0n) is 11.0. The average molecular weight is 266 g/mol. The van der Waals surface area contributed by atoms with Gasteiger partial charge >= 0.3 is 0 Å². The first-order valence-corrected chi connectivity index (χ1v) is 8.30. The number of hydrogen-bond donors (Lipinski definition) is 1. The van der Waals surface area contributed by atoms with Gasteiger partial charge in [0, 0.05) is 0 Å². The summed E-state index contributed by atoms with van der Waals surface area (Å²) in [5.41, 5.74) is 0. The molecule has 1 N–H and O–H groups in total. The number of rotatable bonds is 11. The van der Waals surface area contributed by atoms with E-state index in [2.05, 4.69) is 11.1 Å². The average Bonchev–Trinajstić information content (AvgIpc) is 2.24. The van der Waals surface area contributed by atoms with Crippen molar-refractivity contribution in [3.05, 3.63) is 0 Å². The molecule has 0 rings (SSSR count).